The molecule has 0 spiro atoms. The number of hydrogen-bond donors (Lipinski definition) is 2. The fourth-order valence-corrected chi connectivity index (χ4v) is 1.90. The Kier molecular flexibility index (Phi) is 3.99. The number of rotatable bonds is 5. The van der Waals surface area contributed by atoms with Gasteiger partial charge in [0.2, 0.25) is 0 Å². The second-order valence-corrected chi connectivity index (χ2v) is 3.84. The number of hydrogen-bond acceptors (Lipinski definition) is 5. The molecule has 0 radical (unpaired) electrons. The summed E-state index contributed by atoms with van der Waals surface area (Å²) in [7, 11) is 0. The maximum absolute atomic E-state index is 10.4. The van der Waals surface area contributed by atoms with Gasteiger partial charge in [0, 0.05) is 24.1 Å². The van der Waals surface area contributed by atoms with E-state index >= 15 is 0 Å². The summed E-state index contributed by atoms with van der Waals surface area (Å²) >= 11 is 1.08. The van der Waals surface area contributed by atoms with Crippen molar-refractivity contribution in [2.24, 2.45) is 5.73 Å². The number of nitrogens with zero attached hydrogens (tertiary/aromatic N) is 1. The molecule has 1 aromatic rings. The highest BCUT2D eigenvalue weighted by molar-refractivity contribution is 7.13. The lowest BCUT2D eigenvalue weighted by Crippen LogP contribution is -2.09. The van der Waals surface area contributed by atoms with Gasteiger partial charge < -0.3 is 10.8 Å². The van der Waals surface area contributed by atoms with Gasteiger partial charge in [-0.25, -0.2) is 0 Å². The number of aliphatic hydroxyl groups excluding tert-OH is 1. The average Bonchev–Trinajstić information content (AvgIpc) is 2.62. The van der Waals surface area contributed by atoms with Crippen LogP contribution >= 0.6 is 11.3 Å². The molecule has 0 aliphatic heterocycles. The molecule has 0 aliphatic rings. The Morgan fingerprint density at radius 1 is 1.71 bits per heavy atom. The van der Waals surface area contributed by atoms with Crippen LogP contribution < -0.4 is 5.73 Å². The van der Waals surface area contributed by atoms with Gasteiger partial charge in [-0.3, -0.25) is 10.1 Å². The number of thiophene rings is 1. The third kappa shape index (κ3) is 2.76. The van der Waals surface area contributed by atoms with Crippen molar-refractivity contribution in [3.8, 4) is 0 Å². The first-order valence-corrected chi connectivity index (χ1v) is 5.12. The Bertz CT molecular complexity index is 313. The van der Waals surface area contributed by atoms with E-state index in [0.717, 1.165) is 16.9 Å². The van der Waals surface area contributed by atoms with E-state index in [9.17, 15) is 10.1 Å². The van der Waals surface area contributed by atoms with Gasteiger partial charge in [-0.05, 0) is 18.4 Å². The third-order valence-electron chi connectivity index (χ3n) is 1.89. The first-order valence-electron chi connectivity index (χ1n) is 4.24. The van der Waals surface area contributed by atoms with Crippen molar-refractivity contribution in [1.29, 1.82) is 0 Å². The summed E-state index contributed by atoms with van der Waals surface area (Å²) in [6.45, 7) is 0.0972. The molecule has 0 aliphatic carbocycles. The molecular weight excluding hydrogens is 204 g/mol. The lowest BCUT2D eigenvalue weighted by atomic mass is 10.1. The van der Waals surface area contributed by atoms with Crippen molar-refractivity contribution in [3.05, 3.63) is 27.1 Å². The SMILES string of the molecule is N[C@@H](CCCO)c1csc([N+](=O)[O-])c1. The van der Waals surface area contributed by atoms with E-state index < -0.39 is 4.92 Å². The molecule has 1 rings (SSSR count). The molecule has 78 valence electrons. The van der Waals surface area contributed by atoms with E-state index in [2.05, 4.69) is 0 Å². The maximum Gasteiger partial charge on any atom is 0.324 e. The lowest BCUT2D eigenvalue weighted by molar-refractivity contribution is -0.380. The van der Waals surface area contributed by atoms with E-state index in [-0.39, 0.29) is 17.6 Å². The average molecular weight is 216 g/mol. The molecule has 0 unspecified atom stereocenters. The van der Waals surface area contributed by atoms with Crippen molar-refractivity contribution in [1.82, 2.24) is 0 Å². The van der Waals surface area contributed by atoms with E-state index in [1.54, 1.807) is 5.38 Å². The molecule has 0 saturated carbocycles. The molecule has 0 amide bonds. The standard InChI is InChI=1S/C8H12N2O3S/c9-7(2-1-3-11)6-4-8(10(12)13)14-5-6/h4-5,7,11H,1-3,9H2/t7-/m0/s1. The zero-order chi connectivity index (χ0) is 10.6. The van der Waals surface area contributed by atoms with E-state index in [0.29, 0.717) is 12.8 Å². The Hall–Kier alpha value is -0.980. The fraction of sp³-hybridized carbons (Fsp3) is 0.500. The van der Waals surface area contributed by atoms with Crippen LogP contribution in [0.1, 0.15) is 24.4 Å². The number of aliphatic hydroxyl groups is 1. The summed E-state index contributed by atoms with van der Waals surface area (Å²) < 4.78 is 0. The largest absolute Gasteiger partial charge is 0.396 e. The van der Waals surface area contributed by atoms with Gasteiger partial charge in [-0.15, -0.1) is 0 Å². The van der Waals surface area contributed by atoms with Gasteiger partial charge in [-0.1, -0.05) is 11.3 Å². The topological polar surface area (TPSA) is 89.4 Å². The van der Waals surface area contributed by atoms with Gasteiger partial charge in [0.05, 0.1) is 4.92 Å². The van der Waals surface area contributed by atoms with Crippen LogP contribution in [0.3, 0.4) is 0 Å². The molecule has 0 saturated heterocycles. The molecule has 0 fully saturated rings. The Labute approximate surface area is 85.3 Å². The van der Waals surface area contributed by atoms with Crippen molar-refractivity contribution in [2.75, 3.05) is 6.61 Å². The van der Waals surface area contributed by atoms with Crippen LogP contribution in [0.2, 0.25) is 0 Å². The first kappa shape index (κ1) is 11.1. The molecule has 3 N–H and O–H groups in total. The Morgan fingerprint density at radius 3 is 2.93 bits per heavy atom. The van der Waals surface area contributed by atoms with E-state index in [1.807, 2.05) is 0 Å². The van der Waals surface area contributed by atoms with Gasteiger partial charge in [0.25, 0.3) is 0 Å². The zero-order valence-electron chi connectivity index (χ0n) is 7.55. The predicted octanol–water partition coefficient (Wildman–Crippen LogP) is 1.43. The quantitative estimate of drug-likeness (QED) is 0.575. The molecule has 1 aromatic heterocycles. The first-order chi connectivity index (χ1) is 6.65. The Morgan fingerprint density at radius 2 is 2.43 bits per heavy atom. The summed E-state index contributed by atoms with van der Waals surface area (Å²) in [6.07, 6.45) is 1.26. The number of nitrogens with two attached hydrogens (primary N) is 1. The zero-order valence-corrected chi connectivity index (χ0v) is 8.37. The van der Waals surface area contributed by atoms with Gasteiger partial charge in [-0.2, -0.15) is 0 Å². The fourth-order valence-electron chi connectivity index (χ4n) is 1.11. The highest BCUT2D eigenvalue weighted by Crippen LogP contribution is 2.27. The minimum absolute atomic E-state index is 0.0972. The van der Waals surface area contributed by atoms with Crippen LogP contribution in [0, 0.1) is 10.1 Å². The monoisotopic (exact) mass is 216 g/mol. The molecule has 5 nitrogen and oxygen atoms in total. The minimum Gasteiger partial charge on any atom is -0.396 e. The summed E-state index contributed by atoms with van der Waals surface area (Å²) in [4.78, 5) is 9.96. The molecule has 6 heteroatoms. The Balaban J connectivity index is 2.61. The smallest absolute Gasteiger partial charge is 0.324 e. The van der Waals surface area contributed by atoms with Crippen LogP contribution in [0.25, 0.3) is 0 Å². The number of nitro groups is 1. The van der Waals surface area contributed by atoms with Crippen molar-refractivity contribution < 1.29 is 10.0 Å². The predicted molar refractivity (Wildman–Crippen MR) is 54.2 cm³/mol. The minimum atomic E-state index is -0.424. The van der Waals surface area contributed by atoms with Crippen molar-refractivity contribution >= 4 is 16.3 Å². The highest BCUT2D eigenvalue weighted by Gasteiger charge is 2.13. The van der Waals surface area contributed by atoms with Gasteiger partial charge in [0.15, 0.2) is 0 Å². The van der Waals surface area contributed by atoms with Crippen molar-refractivity contribution in [3.63, 3.8) is 0 Å². The second-order valence-electron chi connectivity index (χ2n) is 2.95. The summed E-state index contributed by atoms with van der Waals surface area (Å²) in [5.74, 6) is 0. The van der Waals surface area contributed by atoms with Crippen LogP contribution in [0.4, 0.5) is 5.00 Å². The van der Waals surface area contributed by atoms with Crippen molar-refractivity contribution in [2.45, 2.75) is 18.9 Å². The van der Waals surface area contributed by atoms with Crippen LogP contribution in [-0.2, 0) is 0 Å². The van der Waals surface area contributed by atoms with E-state index in [4.69, 9.17) is 10.8 Å². The molecule has 1 atom stereocenters. The maximum atomic E-state index is 10.4. The highest BCUT2D eigenvalue weighted by atomic mass is 32.1. The molecule has 1 heterocycles. The van der Waals surface area contributed by atoms with Crippen LogP contribution in [0.15, 0.2) is 11.4 Å². The molecule has 0 bridgehead atoms. The van der Waals surface area contributed by atoms with Crippen LogP contribution in [0.5, 0.6) is 0 Å². The van der Waals surface area contributed by atoms with Crippen LogP contribution in [-0.4, -0.2) is 16.6 Å². The molecule has 0 aromatic carbocycles. The third-order valence-corrected chi connectivity index (χ3v) is 2.79. The summed E-state index contributed by atoms with van der Waals surface area (Å²) in [6, 6.07) is 1.28. The molecule has 14 heavy (non-hydrogen) atoms. The lowest BCUT2D eigenvalue weighted by Gasteiger charge is -2.06. The second kappa shape index (κ2) is 5.04. The summed E-state index contributed by atoms with van der Waals surface area (Å²) in [5.41, 5.74) is 6.54. The van der Waals surface area contributed by atoms with E-state index in [1.165, 1.54) is 6.07 Å². The molecular formula is C8H12N2O3S. The van der Waals surface area contributed by atoms with Gasteiger partial charge in [0.1, 0.15) is 0 Å². The summed E-state index contributed by atoms with van der Waals surface area (Å²) in [5, 5.41) is 20.8. The van der Waals surface area contributed by atoms with Gasteiger partial charge >= 0.3 is 5.00 Å². The normalized spacial score (nSPS) is 12.7.